The van der Waals surface area contributed by atoms with Gasteiger partial charge in [0.15, 0.2) is 0 Å². The standard InChI is InChI=1S/C17H18N4O2/c22-16-15(20-17(23)19-13-6-4-10-18-12-13)9-5-11-21(16)14-7-2-1-3-8-14/h1-4,6-8,10,12,15H,5,9,11H2,(H2,19,20,23)/t15-/m0/s1. The fourth-order valence-electron chi connectivity index (χ4n) is 2.64. The second-order valence-corrected chi connectivity index (χ2v) is 5.36. The summed E-state index contributed by atoms with van der Waals surface area (Å²) >= 11 is 0. The number of anilines is 2. The van der Waals surface area contributed by atoms with Crippen LogP contribution < -0.4 is 15.5 Å². The third-order valence-electron chi connectivity index (χ3n) is 3.73. The van der Waals surface area contributed by atoms with Gasteiger partial charge < -0.3 is 15.5 Å². The molecule has 0 bridgehead atoms. The van der Waals surface area contributed by atoms with Crippen LogP contribution in [0.2, 0.25) is 0 Å². The maximum Gasteiger partial charge on any atom is 0.319 e. The highest BCUT2D eigenvalue weighted by Gasteiger charge is 2.30. The van der Waals surface area contributed by atoms with Crippen LogP contribution in [0.15, 0.2) is 54.9 Å². The number of para-hydroxylation sites is 1. The van der Waals surface area contributed by atoms with E-state index in [-0.39, 0.29) is 5.91 Å². The lowest BCUT2D eigenvalue weighted by molar-refractivity contribution is -0.121. The summed E-state index contributed by atoms with van der Waals surface area (Å²) in [6, 6.07) is 12.1. The van der Waals surface area contributed by atoms with Crippen LogP contribution in [-0.4, -0.2) is 29.5 Å². The summed E-state index contributed by atoms with van der Waals surface area (Å²) in [5, 5.41) is 5.43. The number of urea groups is 1. The second-order valence-electron chi connectivity index (χ2n) is 5.36. The number of nitrogens with one attached hydrogen (secondary N) is 2. The summed E-state index contributed by atoms with van der Waals surface area (Å²) in [5.41, 5.74) is 1.45. The topological polar surface area (TPSA) is 74.3 Å². The van der Waals surface area contributed by atoms with Crippen LogP contribution in [0.1, 0.15) is 12.8 Å². The van der Waals surface area contributed by atoms with Gasteiger partial charge in [-0.2, -0.15) is 0 Å². The number of aromatic nitrogens is 1. The minimum absolute atomic E-state index is 0.0798. The van der Waals surface area contributed by atoms with E-state index >= 15 is 0 Å². The maximum absolute atomic E-state index is 12.6. The monoisotopic (exact) mass is 310 g/mol. The normalized spacial score (nSPS) is 17.7. The largest absolute Gasteiger partial charge is 0.326 e. The Hall–Kier alpha value is -2.89. The first-order valence-electron chi connectivity index (χ1n) is 7.58. The van der Waals surface area contributed by atoms with Crippen molar-refractivity contribution in [2.75, 3.05) is 16.8 Å². The maximum atomic E-state index is 12.6. The Labute approximate surface area is 134 Å². The zero-order valence-corrected chi connectivity index (χ0v) is 12.6. The van der Waals surface area contributed by atoms with E-state index < -0.39 is 12.1 Å². The highest BCUT2D eigenvalue weighted by molar-refractivity contribution is 6.01. The summed E-state index contributed by atoms with van der Waals surface area (Å²) in [6.07, 6.45) is 4.67. The minimum atomic E-state index is -0.513. The molecular formula is C17H18N4O2. The number of nitrogens with zero attached hydrogens (tertiary/aromatic N) is 2. The van der Waals surface area contributed by atoms with Crippen molar-refractivity contribution < 1.29 is 9.59 Å². The summed E-state index contributed by atoms with van der Waals surface area (Å²) in [5.74, 6) is -0.0798. The Morgan fingerprint density at radius 1 is 1.17 bits per heavy atom. The van der Waals surface area contributed by atoms with Crippen molar-refractivity contribution in [3.8, 4) is 0 Å². The summed E-state index contributed by atoms with van der Waals surface area (Å²) in [6.45, 7) is 0.672. The third-order valence-corrected chi connectivity index (χ3v) is 3.73. The van der Waals surface area contributed by atoms with Gasteiger partial charge in [0.2, 0.25) is 5.91 Å². The summed E-state index contributed by atoms with van der Waals surface area (Å²) in [7, 11) is 0. The van der Waals surface area contributed by atoms with Gasteiger partial charge in [0.25, 0.3) is 0 Å². The molecule has 1 aromatic heterocycles. The Balaban J connectivity index is 1.63. The first kappa shape index (κ1) is 15.0. The molecule has 6 nitrogen and oxygen atoms in total. The van der Waals surface area contributed by atoms with E-state index in [0.29, 0.717) is 18.7 Å². The van der Waals surface area contributed by atoms with E-state index in [1.54, 1.807) is 29.4 Å². The molecule has 0 spiro atoms. The van der Waals surface area contributed by atoms with Crippen LogP contribution in [0.5, 0.6) is 0 Å². The number of hydrogen-bond donors (Lipinski definition) is 2. The number of hydrogen-bond acceptors (Lipinski definition) is 3. The van der Waals surface area contributed by atoms with E-state index in [1.807, 2.05) is 30.3 Å². The van der Waals surface area contributed by atoms with Crippen LogP contribution in [0, 0.1) is 0 Å². The fraction of sp³-hybridized carbons (Fsp3) is 0.235. The van der Waals surface area contributed by atoms with E-state index in [1.165, 1.54) is 0 Å². The first-order chi connectivity index (χ1) is 11.2. The SMILES string of the molecule is O=C(Nc1cccnc1)N[C@H]1CCCN(c2ccccc2)C1=O. The van der Waals surface area contributed by atoms with Crippen LogP contribution >= 0.6 is 0 Å². The van der Waals surface area contributed by atoms with Crippen LogP contribution in [-0.2, 0) is 4.79 Å². The predicted molar refractivity (Wildman–Crippen MR) is 88.2 cm³/mol. The van der Waals surface area contributed by atoms with Crippen LogP contribution in [0.25, 0.3) is 0 Å². The molecule has 0 unspecified atom stereocenters. The molecule has 3 amide bonds. The first-order valence-corrected chi connectivity index (χ1v) is 7.58. The lowest BCUT2D eigenvalue weighted by atomic mass is 10.0. The molecule has 23 heavy (non-hydrogen) atoms. The molecule has 3 rings (SSSR count). The van der Waals surface area contributed by atoms with E-state index in [9.17, 15) is 9.59 Å². The van der Waals surface area contributed by atoms with Crippen molar-refractivity contribution in [3.63, 3.8) is 0 Å². The van der Waals surface area contributed by atoms with Gasteiger partial charge in [-0.1, -0.05) is 18.2 Å². The Kier molecular flexibility index (Phi) is 4.52. The molecule has 2 N–H and O–H groups in total. The Morgan fingerprint density at radius 3 is 2.74 bits per heavy atom. The zero-order valence-electron chi connectivity index (χ0n) is 12.6. The van der Waals surface area contributed by atoms with E-state index in [0.717, 1.165) is 12.1 Å². The lowest BCUT2D eigenvalue weighted by Crippen LogP contribution is -2.53. The van der Waals surface area contributed by atoms with Gasteiger partial charge >= 0.3 is 6.03 Å². The highest BCUT2D eigenvalue weighted by Crippen LogP contribution is 2.20. The molecule has 1 aliphatic rings. The molecule has 1 atom stereocenters. The van der Waals surface area contributed by atoms with Crippen molar-refractivity contribution >= 4 is 23.3 Å². The molecule has 1 saturated heterocycles. The van der Waals surface area contributed by atoms with E-state index in [2.05, 4.69) is 15.6 Å². The number of piperidine rings is 1. The third kappa shape index (κ3) is 3.66. The number of amides is 3. The molecule has 0 radical (unpaired) electrons. The van der Waals surface area contributed by atoms with E-state index in [4.69, 9.17) is 0 Å². The molecule has 2 aromatic rings. The van der Waals surface area contributed by atoms with Gasteiger partial charge in [-0.15, -0.1) is 0 Å². The number of rotatable bonds is 3. The molecule has 118 valence electrons. The van der Waals surface area contributed by atoms with Gasteiger partial charge in [0.05, 0.1) is 11.9 Å². The van der Waals surface area contributed by atoms with Crippen molar-refractivity contribution in [2.45, 2.75) is 18.9 Å². The zero-order chi connectivity index (χ0) is 16.1. The molecule has 2 heterocycles. The predicted octanol–water partition coefficient (Wildman–Crippen LogP) is 2.40. The molecule has 0 aliphatic carbocycles. The number of carbonyl (C=O) groups is 2. The Bertz CT molecular complexity index is 676. The summed E-state index contributed by atoms with van der Waals surface area (Å²) in [4.78, 5) is 30.3. The minimum Gasteiger partial charge on any atom is -0.326 e. The van der Waals surface area contributed by atoms with Crippen LogP contribution in [0.4, 0.5) is 16.2 Å². The molecule has 1 aliphatic heterocycles. The Morgan fingerprint density at radius 2 is 2.00 bits per heavy atom. The number of pyridine rings is 1. The molecular weight excluding hydrogens is 292 g/mol. The van der Waals surface area contributed by atoms with Crippen molar-refractivity contribution in [1.82, 2.24) is 10.3 Å². The van der Waals surface area contributed by atoms with Gasteiger partial charge in [-0.25, -0.2) is 4.79 Å². The van der Waals surface area contributed by atoms with Gasteiger partial charge in [-0.3, -0.25) is 9.78 Å². The lowest BCUT2D eigenvalue weighted by Gasteiger charge is -2.32. The average molecular weight is 310 g/mol. The highest BCUT2D eigenvalue weighted by atomic mass is 16.2. The molecule has 1 fully saturated rings. The number of benzene rings is 1. The molecule has 6 heteroatoms. The van der Waals surface area contributed by atoms with Gasteiger partial charge in [0.1, 0.15) is 6.04 Å². The second kappa shape index (κ2) is 6.91. The fourth-order valence-corrected chi connectivity index (χ4v) is 2.64. The van der Waals surface area contributed by atoms with Crippen molar-refractivity contribution in [2.24, 2.45) is 0 Å². The van der Waals surface area contributed by atoms with Crippen molar-refractivity contribution in [3.05, 3.63) is 54.9 Å². The van der Waals surface area contributed by atoms with Gasteiger partial charge in [0, 0.05) is 18.4 Å². The summed E-state index contributed by atoms with van der Waals surface area (Å²) < 4.78 is 0. The molecule has 0 saturated carbocycles. The molecule has 1 aromatic carbocycles. The average Bonchev–Trinajstić information content (AvgIpc) is 2.58. The van der Waals surface area contributed by atoms with Crippen LogP contribution in [0.3, 0.4) is 0 Å². The smallest absolute Gasteiger partial charge is 0.319 e. The quantitative estimate of drug-likeness (QED) is 0.914. The van der Waals surface area contributed by atoms with Crippen molar-refractivity contribution in [1.29, 1.82) is 0 Å². The number of carbonyl (C=O) groups excluding carboxylic acids is 2. The van der Waals surface area contributed by atoms with Gasteiger partial charge in [-0.05, 0) is 37.1 Å².